The predicted molar refractivity (Wildman–Crippen MR) is 102 cm³/mol. The summed E-state index contributed by atoms with van der Waals surface area (Å²) in [6, 6.07) is 13.8. The van der Waals surface area contributed by atoms with Crippen LogP contribution >= 0.6 is 0 Å². The molecule has 136 valence electrons. The summed E-state index contributed by atoms with van der Waals surface area (Å²) in [6.07, 6.45) is 5.05. The Morgan fingerprint density at radius 3 is 2.70 bits per heavy atom. The van der Waals surface area contributed by atoms with Crippen molar-refractivity contribution in [3.63, 3.8) is 0 Å². The highest BCUT2D eigenvalue weighted by atomic mass is 16.5. The third kappa shape index (κ3) is 4.88. The molecule has 0 spiro atoms. The lowest BCUT2D eigenvalue weighted by atomic mass is 10.2. The number of methoxy groups -OCH3 is 1. The van der Waals surface area contributed by atoms with E-state index in [1.165, 1.54) is 7.11 Å². The van der Waals surface area contributed by atoms with Crippen LogP contribution in [0.5, 0.6) is 0 Å². The molecule has 0 saturated carbocycles. The number of benzene rings is 1. The van der Waals surface area contributed by atoms with Gasteiger partial charge in [-0.2, -0.15) is 0 Å². The molecule has 0 saturated heterocycles. The van der Waals surface area contributed by atoms with Crippen LogP contribution in [0.15, 0.2) is 67.1 Å². The van der Waals surface area contributed by atoms with E-state index in [4.69, 9.17) is 0 Å². The lowest BCUT2D eigenvalue weighted by molar-refractivity contribution is 0.0600. The molecule has 0 unspecified atom stereocenters. The zero-order valence-electron chi connectivity index (χ0n) is 14.7. The van der Waals surface area contributed by atoms with Crippen LogP contribution < -0.4 is 10.6 Å². The molecule has 1 aromatic carbocycles. The van der Waals surface area contributed by atoms with Crippen LogP contribution in [0.4, 0.5) is 11.4 Å². The Morgan fingerprint density at radius 2 is 1.93 bits per heavy atom. The fraction of sp³-hybridized carbons (Fsp3) is 0.100. The van der Waals surface area contributed by atoms with E-state index in [1.54, 1.807) is 55.0 Å². The Labute approximate surface area is 156 Å². The van der Waals surface area contributed by atoms with Gasteiger partial charge in [0.1, 0.15) is 5.69 Å². The zero-order valence-corrected chi connectivity index (χ0v) is 14.7. The van der Waals surface area contributed by atoms with E-state index >= 15 is 0 Å². The van der Waals surface area contributed by atoms with Crippen LogP contribution in [0.2, 0.25) is 0 Å². The van der Waals surface area contributed by atoms with Gasteiger partial charge in [-0.1, -0.05) is 12.1 Å². The molecule has 0 bridgehead atoms. The van der Waals surface area contributed by atoms with Crippen molar-refractivity contribution in [2.45, 2.75) is 6.54 Å². The molecular weight excluding hydrogens is 344 g/mol. The highest BCUT2D eigenvalue weighted by Crippen LogP contribution is 2.15. The summed E-state index contributed by atoms with van der Waals surface area (Å²) in [7, 11) is 1.31. The summed E-state index contributed by atoms with van der Waals surface area (Å²) in [5, 5.41) is 5.96. The van der Waals surface area contributed by atoms with E-state index in [1.807, 2.05) is 12.1 Å². The van der Waals surface area contributed by atoms with Crippen molar-refractivity contribution in [2.75, 3.05) is 17.7 Å². The SMILES string of the molecule is COC(=O)c1cccc(NC(=O)c2cc(NCc3cccnc3)ccn2)c1. The number of esters is 1. The standard InChI is InChI=1S/C20H18N4O3/c1-27-20(26)15-5-2-6-17(10-15)24-19(25)18-11-16(7-9-22-18)23-13-14-4-3-8-21-12-14/h2-12H,13H2,1H3,(H,22,23)(H,24,25). The molecule has 0 aliphatic heterocycles. The molecule has 0 radical (unpaired) electrons. The van der Waals surface area contributed by atoms with Gasteiger partial charge in [-0.15, -0.1) is 0 Å². The second-order valence-electron chi connectivity index (χ2n) is 5.67. The largest absolute Gasteiger partial charge is 0.465 e. The number of carbonyl (C=O) groups is 2. The van der Waals surface area contributed by atoms with Gasteiger partial charge in [0.25, 0.3) is 5.91 Å². The van der Waals surface area contributed by atoms with Crippen molar-refractivity contribution in [3.05, 3.63) is 83.9 Å². The summed E-state index contributed by atoms with van der Waals surface area (Å²) in [5.74, 6) is -0.840. The van der Waals surface area contributed by atoms with Gasteiger partial charge in [0.15, 0.2) is 0 Å². The van der Waals surface area contributed by atoms with Crippen molar-refractivity contribution < 1.29 is 14.3 Å². The Kier molecular flexibility index (Phi) is 5.73. The van der Waals surface area contributed by atoms with Gasteiger partial charge in [-0.25, -0.2) is 4.79 Å². The number of nitrogens with zero attached hydrogens (tertiary/aromatic N) is 2. The molecule has 2 heterocycles. The lowest BCUT2D eigenvalue weighted by Gasteiger charge is -2.09. The molecule has 27 heavy (non-hydrogen) atoms. The van der Waals surface area contributed by atoms with Crippen molar-refractivity contribution in [2.24, 2.45) is 0 Å². The summed E-state index contributed by atoms with van der Waals surface area (Å²) in [5.41, 5.74) is 2.89. The van der Waals surface area contributed by atoms with Gasteiger partial charge in [0.2, 0.25) is 0 Å². The quantitative estimate of drug-likeness (QED) is 0.655. The summed E-state index contributed by atoms with van der Waals surface area (Å²) >= 11 is 0. The fourth-order valence-corrected chi connectivity index (χ4v) is 2.41. The van der Waals surface area contributed by atoms with Crippen molar-refractivity contribution in [3.8, 4) is 0 Å². The molecular formula is C20H18N4O3. The van der Waals surface area contributed by atoms with Crippen LogP contribution in [0.1, 0.15) is 26.4 Å². The number of ether oxygens (including phenoxy) is 1. The highest BCUT2D eigenvalue weighted by Gasteiger charge is 2.11. The van der Waals surface area contributed by atoms with Crippen molar-refractivity contribution in [1.29, 1.82) is 0 Å². The molecule has 3 aromatic rings. The van der Waals surface area contributed by atoms with Gasteiger partial charge < -0.3 is 15.4 Å². The molecule has 0 aliphatic carbocycles. The van der Waals surface area contributed by atoms with Gasteiger partial charge in [0, 0.05) is 36.5 Å². The topological polar surface area (TPSA) is 93.2 Å². The molecule has 2 N–H and O–H groups in total. The van der Waals surface area contributed by atoms with Crippen molar-refractivity contribution in [1.82, 2.24) is 9.97 Å². The van der Waals surface area contributed by atoms with E-state index in [0.717, 1.165) is 11.3 Å². The predicted octanol–water partition coefficient (Wildman–Crippen LogP) is 3.13. The molecule has 1 amide bonds. The second kappa shape index (κ2) is 8.57. The summed E-state index contributed by atoms with van der Waals surface area (Å²) in [6.45, 7) is 0.583. The Hall–Kier alpha value is -3.74. The first-order valence-electron chi connectivity index (χ1n) is 8.24. The Balaban J connectivity index is 1.67. The minimum atomic E-state index is -0.467. The van der Waals surface area contributed by atoms with Gasteiger partial charge in [-0.05, 0) is 42.0 Å². The number of rotatable bonds is 6. The third-order valence-electron chi connectivity index (χ3n) is 3.75. The first-order chi connectivity index (χ1) is 13.2. The van der Waals surface area contributed by atoms with E-state index < -0.39 is 5.97 Å². The van der Waals surface area contributed by atoms with Gasteiger partial charge in [-0.3, -0.25) is 14.8 Å². The number of hydrogen-bond acceptors (Lipinski definition) is 6. The maximum atomic E-state index is 12.5. The maximum absolute atomic E-state index is 12.5. The van der Waals surface area contributed by atoms with Crippen LogP contribution in [0.3, 0.4) is 0 Å². The van der Waals surface area contributed by atoms with Crippen LogP contribution in [-0.2, 0) is 11.3 Å². The average Bonchev–Trinajstić information content (AvgIpc) is 2.73. The highest BCUT2D eigenvalue weighted by molar-refractivity contribution is 6.04. The number of carbonyl (C=O) groups excluding carboxylic acids is 2. The Morgan fingerprint density at radius 1 is 1.04 bits per heavy atom. The fourth-order valence-electron chi connectivity index (χ4n) is 2.41. The minimum absolute atomic E-state index is 0.259. The number of hydrogen-bond donors (Lipinski definition) is 2. The van der Waals surface area contributed by atoms with Crippen LogP contribution in [0.25, 0.3) is 0 Å². The van der Waals surface area contributed by atoms with E-state index in [2.05, 4.69) is 25.3 Å². The van der Waals surface area contributed by atoms with Crippen molar-refractivity contribution >= 4 is 23.3 Å². The summed E-state index contributed by atoms with van der Waals surface area (Å²) < 4.78 is 4.68. The lowest BCUT2D eigenvalue weighted by Crippen LogP contribution is -2.14. The normalized spacial score (nSPS) is 10.1. The molecule has 0 atom stereocenters. The molecule has 7 heteroatoms. The van der Waals surface area contributed by atoms with Gasteiger partial charge >= 0.3 is 5.97 Å². The zero-order chi connectivity index (χ0) is 19.1. The monoisotopic (exact) mass is 362 g/mol. The number of amides is 1. The Bertz CT molecular complexity index is 945. The molecule has 3 rings (SSSR count). The molecule has 0 fully saturated rings. The van der Waals surface area contributed by atoms with Crippen LogP contribution in [0, 0.1) is 0 Å². The number of nitrogens with one attached hydrogen (secondary N) is 2. The maximum Gasteiger partial charge on any atom is 0.337 e. The first-order valence-corrected chi connectivity index (χ1v) is 8.24. The van der Waals surface area contributed by atoms with Crippen LogP contribution in [-0.4, -0.2) is 29.0 Å². The second-order valence-corrected chi connectivity index (χ2v) is 5.67. The first kappa shape index (κ1) is 18.1. The third-order valence-corrected chi connectivity index (χ3v) is 3.75. The molecule has 2 aromatic heterocycles. The molecule has 7 nitrogen and oxygen atoms in total. The minimum Gasteiger partial charge on any atom is -0.465 e. The smallest absolute Gasteiger partial charge is 0.337 e. The van der Waals surface area contributed by atoms with E-state index in [-0.39, 0.29) is 11.6 Å². The number of anilines is 2. The number of aromatic nitrogens is 2. The number of pyridine rings is 2. The molecule has 0 aliphatic rings. The van der Waals surface area contributed by atoms with Gasteiger partial charge in [0.05, 0.1) is 12.7 Å². The van der Waals surface area contributed by atoms with E-state index in [0.29, 0.717) is 17.8 Å². The van der Waals surface area contributed by atoms with E-state index in [9.17, 15) is 9.59 Å². The average molecular weight is 362 g/mol. The summed E-state index contributed by atoms with van der Waals surface area (Å²) in [4.78, 5) is 32.2.